The van der Waals surface area contributed by atoms with Crippen molar-refractivity contribution in [1.29, 1.82) is 0 Å². The lowest BCUT2D eigenvalue weighted by atomic mass is 9.91. The summed E-state index contributed by atoms with van der Waals surface area (Å²) in [6, 6.07) is 19.9. The van der Waals surface area contributed by atoms with E-state index in [2.05, 4.69) is 28.8 Å². The summed E-state index contributed by atoms with van der Waals surface area (Å²) in [6.07, 6.45) is 4.48. The predicted octanol–water partition coefficient (Wildman–Crippen LogP) is 4.13. The van der Waals surface area contributed by atoms with Crippen LogP contribution in [0, 0.1) is 0 Å². The molecule has 0 bridgehead atoms. The van der Waals surface area contributed by atoms with Gasteiger partial charge in [0.1, 0.15) is 6.04 Å². The largest absolute Gasteiger partial charge is 0.352 e. The highest BCUT2D eigenvalue weighted by atomic mass is 32.1. The van der Waals surface area contributed by atoms with Crippen LogP contribution in [0.1, 0.15) is 39.2 Å². The van der Waals surface area contributed by atoms with Gasteiger partial charge in [0.15, 0.2) is 0 Å². The molecule has 1 atom stereocenters. The first kappa shape index (κ1) is 19.1. The van der Waals surface area contributed by atoms with E-state index in [1.807, 2.05) is 42.5 Å². The molecule has 5 heteroatoms. The van der Waals surface area contributed by atoms with Gasteiger partial charge in [-0.15, -0.1) is 11.3 Å². The zero-order chi connectivity index (χ0) is 20.5. The Hall–Kier alpha value is -2.92. The third kappa shape index (κ3) is 4.03. The molecular formula is C25H24N2O2S. The summed E-state index contributed by atoms with van der Waals surface area (Å²) in [5, 5.41) is 6.05. The highest BCUT2D eigenvalue weighted by Crippen LogP contribution is 2.39. The molecule has 1 heterocycles. The summed E-state index contributed by atoms with van der Waals surface area (Å²) in [4.78, 5) is 27.8. The van der Waals surface area contributed by atoms with Gasteiger partial charge in [0, 0.05) is 17.3 Å². The molecule has 1 fully saturated rings. The summed E-state index contributed by atoms with van der Waals surface area (Å²) in [6.45, 7) is 0. The Morgan fingerprint density at radius 3 is 2.50 bits per heavy atom. The van der Waals surface area contributed by atoms with Gasteiger partial charge >= 0.3 is 0 Å². The van der Waals surface area contributed by atoms with Crippen molar-refractivity contribution in [3.63, 3.8) is 0 Å². The molecule has 152 valence electrons. The molecule has 0 saturated heterocycles. The number of carbonyl (C=O) groups is 2. The topological polar surface area (TPSA) is 58.2 Å². The first-order chi connectivity index (χ1) is 14.7. The van der Waals surface area contributed by atoms with Gasteiger partial charge in [0.25, 0.3) is 5.91 Å². The molecule has 2 N–H and O–H groups in total. The van der Waals surface area contributed by atoms with Gasteiger partial charge in [0.2, 0.25) is 5.91 Å². The fourth-order valence-electron chi connectivity index (χ4n) is 4.00. The highest BCUT2D eigenvalue weighted by Gasteiger charge is 2.29. The molecular weight excluding hydrogens is 392 g/mol. The molecule has 0 spiro atoms. The zero-order valence-corrected chi connectivity index (χ0v) is 17.5. The zero-order valence-electron chi connectivity index (χ0n) is 16.7. The van der Waals surface area contributed by atoms with Gasteiger partial charge in [-0.1, -0.05) is 54.6 Å². The quantitative estimate of drug-likeness (QED) is 0.635. The number of nitrogens with one attached hydrogen (secondary N) is 2. The van der Waals surface area contributed by atoms with E-state index < -0.39 is 6.04 Å². The minimum Gasteiger partial charge on any atom is -0.352 e. The van der Waals surface area contributed by atoms with Crippen molar-refractivity contribution in [2.75, 3.05) is 0 Å². The number of hydrogen-bond acceptors (Lipinski definition) is 3. The molecule has 4 nitrogen and oxygen atoms in total. The molecule has 1 saturated carbocycles. The van der Waals surface area contributed by atoms with Crippen molar-refractivity contribution in [2.24, 2.45) is 0 Å². The van der Waals surface area contributed by atoms with E-state index in [1.54, 1.807) is 0 Å². The summed E-state index contributed by atoms with van der Waals surface area (Å²) < 4.78 is 0. The second-order valence-electron chi connectivity index (χ2n) is 8.12. The van der Waals surface area contributed by atoms with E-state index >= 15 is 0 Å². The lowest BCUT2D eigenvalue weighted by molar-refractivity contribution is -0.123. The van der Waals surface area contributed by atoms with Gasteiger partial charge in [-0.3, -0.25) is 9.59 Å². The molecule has 0 aliphatic heterocycles. The monoisotopic (exact) mass is 416 g/mol. The van der Waals surface area contributed by atoms with E-state index in [4.69, 9.17) is 0 Å². The maximum atomic E-state index is 13.1. The first-order valence-electron chi connectivity index (χ1n) is 10.5. The Bertz CT molecular complexity index is 1090. The average molecular weight is 417 g/mol. The van der Waals surface area contributed by atoms with Crippen LogP contribution in [0.25, 0.3) is 10.4 Å². The van der Waals surface area contributed by atoms with Crippen molar-refractivity contribution in [3.8, 4) is 10.4 Å². The SMILES string of the molecule is O=C(NC(Cc1ccccc1)C(=O)NC1CC1)c1cc2c(s1)-c1ccccc1CC2. The van der Waals surface area contributed by atoms with Crippen LogP contribution >= 0.6 is 11.3 Å². The molecule has 3 aromatic rings. The highest BCUT2D eigenvalue weighted by molar-refractivity contribution is 7.17. The van der Waals surface area contributed by atoms with E-state index in [0.29, 0.717) is 11.3 Å². The number of benzene rings is 2. The fourth-order valence-corrected chi connectivity index (χ4v) is 5.18. The van der Waals surface area contributed by atoms with Crippen molar-refractivity contribution in [2.45, 2.75) is 44.2 Å². The number of amides is 2. The average Bonchev–Trinajstić information content (AvgIpc) is 3.47. The lowest BCUT2D eigenvalue weighted by Gasteiger charge is -2.18. The van der Waals surface area contributed by atoms with Crippen LogP contribution in [-0.2, 0) is 24.1 Å². The smallest absolute Gasteiger partial charge is 0.262 e. The molecule has 1 aromatic heterocycles. The molecule has 1 unspecified atom stereocenters. The Kier molecular flexibility index (Phi) is 5.13. The van der Waals surface area contributed by atoms with Crippen molar-refractivity contribution >= 4 is 23.2 Å². The number of thiophene rings is 1. The summed E-state index contributed by atoms with van der Waals surface area (Å²) in [5.74, 6) is -0.264. The van der Waals surface area contributed by atoms with E-state index in [9.17, 15) is 9.59 Å². The van der Waals surface area contributed by atoms with Gasteiger partial charge in [-0.05, 0) is 54.0 Å². The van der Waals surface area contributed by atoms with Crippen LogP contribution in [0.4, 0.5) is 0 Å². The predicted molar refractivity (Wildman–Crippen MR) is 120 cm³/mol. The van der Waals surface area contributed by atoms with Crippen LogP contribution in [-0.4, -0.2) is 23.9 Å². The number of aryl methyl sites for hydroxylation is 2. The lowest BCUT2D eigenvalue weighted by Crippen LogP contribution is -2.48. The van der Waals surface area contributed by atoms with Gasteiger partial charge in [0.05, 0.1) is 4.88 Å². The van der Waals surface area contributed by atoms with Crippen LogP contribution in [0.3, 0.4) is 0 Å². The Labute approximate surface area is 180 Å². The number of carbonyl (C=O) groups excluding carboxylic acids is 2. The third-order valence-corrected chi connectivity index (χ3v) is 7.00. The minimum atomic E-state index is -0.577. The Morgan fingerprint density at radius 1 is 0.967 bits per heavy atom. The molecule has 0 radical (unpaired) electrons. The number of hydrogen-bond donors (Lipinski definition) is 2. The second-order valence-corrected chi connectivity index (χ2v) is 9.17. The maximum Gasteiger partial charge on any atom is 0.262 e. The van der Waals surface area contributed by atoms with Crippen molar-refractivity contribution < 1.29 is 9.59 Å². The first-order valence-corrected chi connectivity index (χ1v) is 11.3. The van der Waals surface area contributed by atoms with Gasteiger partial charge < -0.3 is 10.6 Å². The molecule has 2 amide bonds. The second kappa shape index (κ2) is 8.07. The van der Waals surface area contributed by atoms with Crippen LogP contribution < -0.4 is 10.6 Å². The molecule has 2 aliphatic carbocycles. The Balaban J connectivity index is 1.36. The van der Waals surface area contributed by atoms with Gasteiger partial charge in [-0.25, -0.2) is 0 Å². The van der Waals surface area contributed by atoms with Crippen LogP contribution in [0.2, 0.25) is 0 Å². The van der Waals surface area contributed by atoms with Gasteiger partial charge in [-0.2, -0.15) is 0 Å². The number of rotatable bonds is 6. The van der Waals surface area contributed by atoms with Crippen LogP contribution in [0.15, 0.2) is 60.7 Å². The Morgan fingerprint density at radius 2 is 1.70 bits per heavy atom. The summed E-state index contributed by atoms with van der Waals surface area (Å²) >= 11 is 1.53. The van der Waals surface area contributed by atoms with E-state index in [1.165, 1.54) is 32.9 Å². The van der Waals surface area contributed by atoms with E-state index in [-0.39, 0.29) is 17.9 Å². The fraction of sp³-hybridized carbons (Fsp3) is 0.280. The third-order valence-electron chi connectivity index (χ3n) is 5.79. The summed E-state index contributed by atoms with van der Waals surface area (Å²) in [7, 11) is 0. The van der Waals surface area contributed by atoms with Crippen molar-refractivity contribution in [3.05, 3.63) is 82.2 Å². The molecule has 30 heavy (non-hydrogen) atoms. The maximum absolute atomic E-state index is 13.1. The molecule has 2 aromatic carbocycles. The normalized spacial score (nSPS) is 15.6. The number of fused-ring (bicyclic) bond motifs is 3. The van der Waals surface area contributed by atoms with Crippen LogP contribution in [0.5, 0.6) is 0 Å². The molecule has 5 rings (SSSR count). The summed E-state index contributed by atoms with van der Waals surface area (Å²) in [5.41, 5.74) is 4.83. The van der Waals surface area contributed by atoms with Crippen molar-refractivity contribution in [1.82, 2.24) is 10.6 Å². The molecule has 2 aliphatic rings. The standard InChI is InChI=1S/C25H24N2O2S/c28-24(26-19-12-13-19)21(14-16-6-2-1-3-7-16)27-25(29)22-15-18-11-10-17-8-4-5-9-20(17)23(18)30-22/h1-9,15,19,21H,10-14H2,(H,26,28)(H,27,29). The van der Waals surface area contributed by atoms with E-state index in [0.717, 1.165) is 31.2 Å². The minimum absolute atomic E-state index is 0.0960.